The van der Waals surface area contributed by atoms with Crippen molar-refractivity contribution in [2.24, 2.45) is 0 Å². The van der Waals surface area contributed by atoms with Gasteiger partial charge in [0.05, 0.1) is 17.0 Å². The first-order valence-electron chi connectivity index (χ1n) is 6.65. The van der Waals surface area contributed by atoms with Gasteiger partial charge in [0.1, 0.15) is 11.6 Å². The summed E-state index contributed by atoms with van der Waals surface area (Å²) in [5.74, 6) is 1.44. The van der Waals surface area contributed by atoms with Gasteiger partial charge in [0, 0.05) is 17.3 Å². The van der Waals surface area contributed by atoms with Crippen LogP contribution in [-0.4, -0.2) is 15.0 Å². The molecule has 23 heavy (non-hydrogen) atoms. The number of benzene rings is 1. The molecule has 2 aromatic heterocycles. The first-order chi connectivity index (χ1) is 11.0. The third-order valence-electron chi connectivity index (χ3n) is 2.94. The highest BCUT2D eigenvalue weighted by atomic mass is 35.5. The van der Waals surface area contributed by atoms with Crippen molar-refractivity contribution in [1.82, 2.24) is 15.0 Å². The summed E-state index contributed by atoms with van der Waals surface area (Å²) in [4.78, 5) is 12.6. The summed E-state index contributed by atoms with van der Waals surface area (Å²) >= 11 is 7.14. The summed E-state index contributed by atoms with van der Waals surface area (Å²) in [6.45, 7) is 1.85. The van der Waals surface area contributed by atoms with E-state index in [9.17, 15) is 4.39 Å². The van der Waals surface area contributed by atoms with Crippen molar-refractivity contribution in [2.45, 2.75) is 17.8 Å². The molecule has 0 atom stereocenters. The number of aromatic nitrogens is 3. The molecule has 0 bridgehead atoms. The van der Waals surface area contributed by atoms with Crippen molar-refractivity contribution in [1.29, 1.82) is 0 Å². The highest BCUT2D eigenvalue weighted by molar-refractivity contribution is 7.98. The normalized spacial score (nSPS) is 10.9. The molecule has 0 aliphatic heterocycles. The van der Waals surface area contributed by atoms with Crippen LogP contribution in [0.5, 0.6) is 0 Å². The number of nitrogens with two attached hydrogens (primary N) is 1. The SMILES string of the molecule is Cc1cc(N)nc(SCc2ncc(-c3ccc(F)c(Cl)c3)o2)n1. The Hall–Kier alpha value is -2.12. The Balaban J connectivity index is 1.73. The van der Waals surface area contributed by atoms with Crippen molar-refractivity contribution in [3.63, 3.8) is 0 Å². The Kier molecular flexibility index (Phi) is 4.49. The first kappa shape index (κ1) is 15.8. The van der Waals surface area contributed by atoms with Crippen LogP contribution in [0.4, 0.5) is 10.2 Å². The number of anilines is 1. The van der Waals surface area contributed by atoms with E-state index in [1.165, 1.54) is 23.9 Å². The van der Waals surface area contributed by atoms with Crippen LogP contribution in [0.25, 0.3) is 11.3 Å². The van der Waals surface area contributed by atoms with Gasteiger partial charge >= 0.3 is 0 Å². The molecule has 0 amide bonds. The van der Waals surface area contributed by atoms with Gasteiger partial charge in [-0.3, -0.25) is 0 Å². The van der Waals surface area contributed by atoms with Crippen molar-refractivity contribution in [3.8, 4) is 11.3 Å². The maximum Gasteiger partial charge on any atom is 0.205 e. The smallest absolute Gasteiger partial charge is 0.205 e. The van der Waals surface area contributed by atoms with Crippen molar-refractivity contribution >= 4 is 29.2 Å². The second-order valence-electron chi connectivity index (χ2n) is 4.75. The summed E-state index contributed by atoms with van der Waals surface area (Å²) in [7, 11) is 0. The fourth-order valence-corrected chi connectivity index (χ4v) is 2.86. The zero-order valence-corrected chi connectivity index (χ0v) is 13.7. The van der Waals surface area contributed by atoms with Crippen LogP contribution in [0.2, 0.25) is 5.02 Å². The van der Waals surface area contributed by atoms with Crippen LogP contribution in [0.15, 0.2) is 40.0 Å². The monoisotopic (exact) mass is 350 g/mol. The molecule has 118 valence electrons. The molecule has 2 N–H and O–H groups in total. The standard InChI is InChI=1S/C15H12ClFN4OS/c1-8-4-13(18)21-15(20-8)23-7-14-19-6-12(22-14)9-2-3-11(17)10(16)5-9/h2-6H,7H2,1H3,(H2,18,20,21). The van der Waals surface area contributed by atoms with Crippen molar-refractivity contribution < 1.29 is 8.81 Å². The van der Waals surface area contributed by atoms with Gasteiger partial charge in [0.25, 0.3) is 0 Å². The number of thioether (sulfide) groups is 1. The molecule has 0 unspecified atom stereocenters. The molecule has 0 aliphatic carbocycles. The highest BCUT2D eigenvalue weighted by Gasteiger charge is 2.10. The fourth-order valence-electron chi connectivity index (χ4n) is 1.92. The lowest BCUT2D eigenvalue weighted by Gasteiger charge is -2.01. The predicted octanol–water partition coefficient (Wildman–Crippen LogP) is 4.11. The van der Waals surface area contributed by atoms with E-state index in [2.05, 4.69) is 15.0 Å². The van der Waals surface area contributed by atoms with E-state index < -0.39 is 5.82 Å². The highest BCUT2D eigenvalue weighted by Crippen LogP contribution is 2.27. The van der Waals surface area contributed by atoms with E-state index >= 15 is 0 Å². The van der Waals surface area contributed by atoms with Gasteiger partial charge in [-0.15, -0.1) is 0 Å². The van der Waals surface area contributed by atoms with Gasteiger partial charge in [-0.1, -0.05) is 23.4 Å². The predicted molar refractivity (Wildman–Crippen MR) is 87.6 cm³/mol. The zero-order valence-electron chi connectivity index (χ0n) is 12.1. The zero-order chi connectivity index (χ0) is 16.4. The average molecular weight is 351 g/mol. The van der Waals surface area contributed by atoms with Crippen LogP contribution in [0.3, 0.4) is 0 Å². The molecule has 5 nitrogen and oxygen atoms in total. The number of oxazole rings is 1. The van der Waals surface area contributed by atoms with Crippen LogP contribution in [-0.2, 0) is 5.75 Å². The van der Waals surface area contributed by atoms with E-state index in [1.807, 2.05) is 6.92 Å². The minimum atomic E-state index is -0.472. The van der Waals surface area contributed by atoms with Crippen LogP contribution < -0.4 is 5.73 Å². The van der Waals surface area contributed by atoms with E-state index in [1.54, 1.807) is 18.3 Å². The lowest BCUT2D eigenvalue weighted by molar-refractivity contribution is 0.529. The van der Waals surface area contributed by atoms with Gasteiger partial charge in [0.2, 0.25) is 5.89 Å². The largest absolute Gasteiger partial charge is 0.440 e. The summed E-state index contributed by atoms with van der Waals surface area (Å²) in [5.41, 5.74) is 7.15. The number of nitrogens with zero attached hydrogens (tertiary/aromatic N) is 3. The number of halogens is 2. The molecule has 2 heterocycles. The minimum Gasteiger partial charge on any atom is -0.440 e. The number of nitrogen functional groups attached to an aromatic ring is 1. The fraction of sp³-hybridized carbons (Fsp3) is 0.133. The Morgan fingerprint density at radius 1 is 1.30 bits per heavy atom. The Morgan fingerprint density at radius 3 is 2.87 bits per heavy atom. The molecule has 1 aromatic carbocycles. The molecule has 0 fully saturated rings. The number of aryl methyl sites for hydroxylation is 1. The number of rotatable bonds is 4. The molecule has 0 radical (unpaired) electrons. The third kappa shape index (κ3) is 3.80. The topological polar surface area (TPSA) is 77.8 Å². The van der Waals surface area contributed by atoms with Crippen molar-refractivity contribution in [3.05, 3.63) is 52.9 Å². The summed E-state index contributed by atoms with van der Waals surface area (Å²) < 4.78 is 18.8. The van der Waals surface area contributed by atoms with Gasteiger partial charge < -0.3 is 10.2 Å². The lowest BCUT2D eigenvalue weighted by Crippen LogP contribution is -1.96. The molecule has 0 aliphatic rings. The van der Waals surface area contributed by atoms with Crippen LogP contribution in [0, 0.1) is 12.7 Å². The molecular weight excluding hydrogens is 339 g/mol. The Labute approximate surface area is 141 Å². The van der Waals surface area contributed by atoms with Gasteiger partial charge in [-0.2, -0.15) is 0 Å². The number of hydrogen-bond acceptors (Lipinski definition) is 6. The lowest BCUT2D eigenvalue weighted by atomic mass is 10.2. The maximum atomic E-state index is 13.2. The van der Waals surface area contributed by atoms with E-state index in [4.69, 9.17) is 21.8 Å². The Bertz CT molecular complexity index is 835. The molecule has 3 rings (SSSR count). The number of hydrogen-bond donors (Lipinski definition) is 1. The molecule has 0 saturated heterocycles. The molecule has 0 spiro atoms. The molecule has 3 aromatic rings. The van der Waals surface area contributed by atoms with Gasteiger partial charge in [-0.25, -0.2) is 19.3 Å². The summed E-state index contributed by atoms with van der Waals surface area (Å²) in [6, 6.07) is 6.07. The van der Waals surface area contributed by atoms with Gasteiger partial charge in [-0.05, 0) is 25.1 Å². The summed E-state index contributed by atoms with van der Waals surface area (Å²) in [5, 5.41) is 0.602. The molecule has 8 heteroatoms. The van der Waals surface area contributed by atoms with Crippen LogP contribution in [0.1, 0.15) is 11.6 Å². The second kappa shape index (κ2) is 6.55. The molecular formula is C15H12ClFN4OS. The van der Waals surface area contributed by atoms with E-state index in [-0.39, 0.29) is 5.02 Å². The van der Waals surface area contributed by atoms with E-state index in [0.717, 1.165) is 5.69 Å². The Morgan fingerprint density at radius 2 is 2.13 bits per heavy atom. The second-order valence-corrected chi connectivity index (χ2v) is 6.10. The quantitative estimate of drug-likeness (QED) is 0.563. The van der Waals surface area contributed by atoms with Gasteiger partial charge in [0.15, 0.2) is 10.9 Å². The average Bonchev–Trinajstić information content (AvgIpc) is 2.96. The van der Waals surface area contributed by atoms with Crippen molar-refractivity contribution in [2.75, 3.05) is 5.73 Å². The summed E-state index contributed by atoms with van der Waals surface area (Å²) in [6.07, 6.45) is 1.57. The van der Waals surface area contributed by atoms with Crippen LogP contribution >= 0.6 is 23.4 Å². The third-order valence-corrected chi connectivity index (χ3v) is 4.06. The first-order valence-corrected chi connectivity index (χ1v) is 8.02. The minimum absolute atomic E-state index is 0.0402. The van der Waals surface area contributed by atoms with E-state index in [0.29, 0.717) is 33.9 Å². The maximum absolute atomic E-state index is 13.2. The molecule has 0 saturated carbocycles.